The molecule has 1 atom stereocenters. The van der Waals surface area contributed by atoms with E-state index in [1.165, 1.54) is 0 Å². The molecule has 4 nitrogen and oxygen atoms in total. The van der Waals surface area contributed by atoms with Gasteiger partial charge in [-0.3, -0.25) is 0 Å². The van der Waals surface area contributed by atoms with Gasteiger partial charge in [-0.25, -0.2) is 9.78 Å². The lowest BCUT2D eigenvalue weighted by molar-refractivity contribution is 0.0697. The van der Waals surface area contributed by atoms with E-state index in [4.69, 9.17) is 5.11 Å². The van der Waals surface area contributed by atoms with E-state index in [0.29, 0.717) is 11.6 Å². The van der Waals surface area contributed by atoms with Crippen molar-refractivity contribution in [3.8, 4) is 0 Å². The van der Waals surface area contributed by atoms with E-state index in [9.17, 15) is 4.79 Å². The summed E-state index contributed by atoms with van der Waals surface area (Å²) in [5.41, 5.74) is 2.10. The van der Waals surface area contributed by atoms with Crippen molar-refractivity contribution in [3.05, 3.63) is 29.6 Å². The summed E-state index contributed by atoms with van der Waals surface area (Å²) in [6.45, 7) is 4.21. The molecule has 0 aliphatic rings. The van der Waals surface area contributed by atoms with Gasteiger partial charge in [-0.15, -0.1) is 0 Å². The standard InChI is InChI=1S/C14H18N2O2S/c1-4-13-15-11-6-5-10(14(17)18)7-12(11)16(13)9(2)8-19-3/h5-7,9H,4,8H2,1-3H3,(H,17,18). The maximum atomic E-state index is 11.1. The normalized spacial score (nSPS) is 12.8. The number of carboxylic acid groups (broad SMARTS) is 1. The van der Waals surface area contributed by atoms with E-state index in [-0.39, 0.29) is 0 Å². The first-order valence-electron chi connectivity index (χ1n) is 6.31. The van der Waals surface area contributed by atoms with E-state index in [0.717, 1.165) is 29.0 Å². The van der Waals surface area contributed by atoms with Crippen molar-refractivity contribution < 1.29 is 9.90 Å². The number of rotatable bonds is 5. The van der Waals surface area contributed by atoms with Crippen molar-refractivity contribution in [2.45, 2.75) is 26.3 Å². The van der Waals surface area contributed by atoms with Crippen molar-refractivity contribution >= 4 is 28.8 Å². The van der Waals surface area contributed by atoms with Gasteiger partial charge < -0.3 is 9.67 Å². The molecule has 2 rings (SSSR count). The third-order valence-corrected chi connectivity index (χ3v) is 3.99. The molecule has 0 saturated heterocycles. The van der Waals surface area contributed by atoms with Crippen LogP contribution in [-0.4, -0.2) is 32.6 Å². The first kappa shape index (κ1) is 13.9. The van der Waals surface area contributed by atoms with Crippen LogP contribution in [0.25, 0.3) is 11.0 Å². The zero-order chi connectivity index (χ0) is 14.0. The molecule has 1 N–H and O–H groups in total. The van der Waals surface area contributed by atoms with Crippen molar-refractivity contribution in [1.29, 1.82) is 0 Å². The minimum absolute atomic E-state index is 0.305. The number of benzene rings is 1. The Kier molecular flexibility index (Phi) is 4.14. The van der Waals surface area contributed by atoms with Crippen molar-refractivity contribution in [3.63, 3.8) is 0 Å². The summed E-state index contributed by atoms with van der Waals surface area (Å²) in [5.74, 6) is 1.10. The number of hydrogen-bond acceptors (Lipinski definition) is 3. The lowest BCUT2D eigenvalue weighted by atomic mass is 10.2. The Labute approximate surface area is 116 Å². The summed E-state index contributed by atoms with van der Waals surface area (Å²) in [6.07, 6.45) is 2.92. The fourth-order valence-corrected chi connectivity index (χ4v) is 2.96. The zero-order valence-electron chi connectivity index (χ0n) is 11.4. The van der Waals surface area contributed by atoms with E-state index in [1.54, 1.807) is 30.0 Å². The molecule has 19 heavy (non-hydrogen) atoms. The minimum Gasteiger partial charge on any atom is -0.478 e. The maximum absolute atomic E-state index is 11.1. The molecule has 0 amide bonds. The van der Waals surface area contributed by atoms with Crippen LogP contribution in [-0.2, 0) is 6.42 Å². The summed E-state index contributed by atoms with van der Waals surface area (Å²) in [5, 5.41) is 9.11. The number of carboxylic acids is 1. The lowest BCUT2D eigenvalue weighted by Crippen LogP contribution is -2.11. The highest BCUT2D eigenvalue weighted by Crippen LogP contribution is 2.24. The van der Waals surface area contributed by atoms with Gasteiger partial charge in [0.2, 0.25) is 0 Å². The number of thioether (sulfide) groups is 1. The predicted octanol–water partition coefficient (Wildman–Crippen LogP) is 3.22. The molecule has 1 unspecified atom stereocenters. The van der Waals surface area contributed by atoms with Crippen molar-refractivity contribution in [2.75, 3.05) is 12.0 Å². The Morgan fingerprint density at radius 1 is 1.53 bits per heavy atom. The smallest absolute Gasteiger partial charge is 0.335 e. The second-order valence-electron chi connectivity index (χ2n) is 4.56. The zero-order valence-corrected chi connectivity index (χ0v) is 12.2. The largest absolute Gasteiger partial charge is 0.478 e. The third-order valence-electron chi connectivity index (χ3n) is 3.17. The highest BCUT2D eigenvalue weighted by molar-refractivity contribution is 7.98. The van der Waals surface area contributed by atoms with Gasteiger partial charge in [-0.1, -0.05) is 6.92 Å². The minimum atomic E-state index is -0.898. The van der Waals surface area contributed by atoms with E-state index in [2.05, 4.69) is 29.7 Å². The Balaban J connectivity index is 2.62. The summed E-state index contributed by atoms with van der Waals surface area (Å²) < 4.78 is 2.16. The monoisotopic (exact) mass is 278 g/mol. The van der Waals surface area contributed by atoms with Crippen molar-refractivity contribution in [1.82, 2.24) is 9.55 Å². The SMILES string of the molecule is CCc1nc2ccc(C(=O)O)cc2n1C(C)CSC. The molecular weight excluding hydrogens is 260 g/mol. The van der Waals surface area contributed by atoms with Gasteiger partial charge in [0.25, 0.3) is 0 Å². The van der Waals surface area contributed by atoms with E-state index < -0.39 is 5.97 Å². The van der Waals surface area contributed by atoms with Gasteiger partial charge >= 0.3 is 5.97 Å². The second-order valence-corrected chi connectivity index (χ2v) is 5.48. The Hall–Kier alpha value is -1.49. The second kappa shape index (κ2) is 5.65. The molecule has 1 aromatic heterocycles. The van der Waals surface area contributed by atoms with Crippen LogP contribution in [0.1, 0.15) is 36.1 Å². The molecule has 0 aliphatic carbocycles. The number of fused-ring (bicyclic) bond motifs is 1. The van der Waals surface area contributed by atoms with Crippen LogP contribution in [0.3, 0.4) is 0 Å². The summed E-state index contributed by atoms with van der Waals surface area (Å²) in [7, 11) is 0. The molecule has 5 heteroatoms. The van der Waals surface area contributed by atoms with Crippen molar-refractivity contribution in [2.24, 2.45) is 0 Å². The maximum Gasteiger partial charge on any atom is 0.335 e. The highest BCUT2D eigenvalue weighted by Gasteiger charge is 2.16. The molecule has 102 valence electrons. The van der Waals surface area contributed by atoms with E-state index >= 15 is 0 Å². The van der Waals surface area contributed by atoms with Crippen LogP contribution in [0.2, 0.25) is 0 Å². The summed E-state index contributed by atoms with van der Waals surface area (Å²) in [6, 6.07) is 5.43. The van der Waals surface area contributed by atoms with Gasteiger partial charge in [-0.2, -0.15) is 11.8 Å². The fourth-order valence-electron chi connectivity index (χ4n) is 2.33. The fraction of sp³-hybridized carbons (Fsp3) is 0.429. The number of nitrogens with zero attached hydrogens (tertiary/aromatic N) is 2. The van der Waals surface area contributed by atoms with Crippen LogP contribution in [0.4, 0.5) is 0 Å². The average Bonchev–Trinajstić information content (AvgIpc) is 2.76. The highest BCUT2D eigenvalue weighted by atomic mass is 32.2. The van der Waals surface area contributed by atoms with Gasteiger partial charge in [-0.05, 0) is 31.4 Å². The molecule has 0 fully saturated rings. The average molecular weight is 278 g/mol. The number of aryl methyl sites for hydroxylation is 1. The van der Waals surface area contributed by atoms with Gasteiger partial charge in [0, 0.05) is 18.2 Å². The van der Waals surface area contributed by atoms with Crippen LogP contribution in [0, 0.1) is 0 Å². The molecule has 0 aliphatic heterocycles. The van der Waals surface area contributed by atoms with E-state index in [1.807, 2.05) is 0 Å². The summed E-state index contributed by atoms with van der Waals surface area (Å²) in [4.78, 5) is 15.7. The summed E-state index contributed by atoms with van der Waals surface area (Å²) >= 11 is 1.78. The first-order chi connectivity index (χ1) is 9.08. The molecule has 0 saturated carbocycles. The molecule has 0 radical (unpaired) electrons. The first-order valence-corrected chi connectivity index (χ1v) is 7.71. The van der Waals surface area contributed by atoms with Crippen LogP contribution in [0.15, 0.2) is 18.2 Å². The Bertz CT molecular complexity index is 607. The van der Waals surface area contributed by atoms with Gasteiger partial charge in [0.05, 0.1) is 16.6 Å². The predicted molar refractivity (Wildman–Crippen MR) is 79.2 cm³/mol. The number of hydrogen-bond donors (Lipinski definition) is 1. The number of carbonyl (C=O) groups is 1. The number of aromatic carboxylic acids is 1. The van der Waals surface area contributed by atoms with Gasteiger partial charge in [0.1, 0.15) is 5.82 Å². The van der Waals surface area contributed by atoms with Crippen LogP contribution >= 0.6 is 11.8 Å². The lowest BCUT2D eigenvalue weighted by Gasteiger charge is -2.16. The molecule has 2 aromatic rings. The van der Waals surface area contributed by atoms with Gasteiger partial charge in [0.15, 0.2) is 0 Å². The number of imidazole rings is 1. The van der Waals surface area contributed by atoms with Crippen LogP contribution < -0.4 is 0 Å². The molecule has 1 heterocycles. The Morgan fingerprint density at radius 3 is 2.84 bits per heavy atom. The third kappa shape index (κ3) is 2.61. The molecule has 0 spiro atoms. The quantitative estimate of drug-likeness (QED) is 0.912. The molecule has 0 bridgehead atoms. The Morgan fingerprint density at radius 2 is 2.26 bits per heavy atom. The van der Waals surface area contributed by atoms with Crippen LogP contribution in [0.5, 0.6) is 0 Å². The number of aromatic nitrogens is 2. The topological polar surface area (TPSA) is 55.1 Å². The molecule has 1 aromatic carbocycles. The molecular formula is C14H18N2O2S.